The van der Waals surface area contributed by atoms with Crippen LogP contribution in [-0.2, 0) is 6.42 Å². The van der Waals surface area contributed by atoms with Crippen LogP contribution in [0.2, 0.25) is 0 Å². The van der Waals surface area contributed by atoms with Gasteiger partial charge in [0.1, 0.15) is 11.4 Å². The maximum absolute atomic E-state index is 11.9. The standard InChI is InChI=1S/C16H19N3O3/c1-21-14-8-4-3-6-12(14)9-11-18-16(20)19-13-7-5-10-17-15(13)22-2/h3-8,10H,9,11H2,1-2H3,(H2,18,19,20). The van der Waals surface area contributed by atoms with E-state index in [1.807, 2.05) is 24.3 Å². The summed E-state index contributed by atoms with van der Waals surface area (Å²) in [5.41, 5.74) is 1.57. The fraction of sp³-hybridized carbons (Fsp3) is 0.250. The van der Waals surface area contributed by atoms with Crippen LogP contribution >= 0.6 is 0 Å². The summed E-state index contributed by atoms with van der Waals surface area (Å²) >= 11 is 0. The molecule has 22 heavy (non-hydrogen) atoms. The van der Waals surface area contributed by atoms with Crippen LogP contribution in [0.3, 0.4) is 0 Å². The monoisotopic (exact) mass is 301 g/mol. The molecule has 0 aliphatic carbocycles. The Bertz CT molecular complexity index is 632. The Balaban J connectivity index is 1.85. The number of para-hydroxylation sites is 1. The van der Waals surface area contributed by atoms with E-state index in [0.29, 0.717) is 24.5 Å². The zero-order chi connectivity index (χ0) is 15.8. The Morgan fingerprint density at radius 1 is 1.14 bits per heavy atom. The summed E-state index contributed by atoms with van der Waals surface area (Å²) < 4.78 is 10.4. The third-order valence-corrected chi connectivity index (χ3v) is 3.09. The number of nitrogens with one attached hydrogen (secondary N) is 2. The lowest BCUT2D eigenvalue weighted by Gasteiger charge is -2.11. The molecule has 0 saturated heterocycles. The lowest BCUT2D eigenvalue weighted by atomic mass is 10.1. The fourth-order valence-corrected chi connectivity index (χ4v) is 2.04. The Morgan fingerprint density at radius 3 is 2.73 bits per heavy atom. The molecule has 0 fully saturated rings. The fourth-order valence-electron chi connectivity index (χ4n) is 2.04. The van der Waals surface area contributed by atoms with E-state index < -0.39 is 0 Å². The summed E-state index contributed by atoms with van der Waals surface area (Å²) in [5, 5.41) is 5.50. The molecule has 2 amide bonds. The molecule has 0 unspecified atom stereocenters. The SMILES string of the molecule is COc1ccccc1CCNC(=O)Nc1cccnc1OC. The van der Waals surface area contributed by atoms with E-state index >= 15 is 0 Å². The summed E-state index contributed by atoms with van der Waals surface area (Å²) in [4.78, 5) is 15.9. The van der Waals surface area contributed by atoms with Gasteiger partial charge >= 0.3 is 6.03 Å². The van der Waals surface area contributed by atoms with Crippen LogP contribution in [0.1, 0.15) is 5.56 Å². The highest BCUT2D eigenvalue weighted by molar-refractivity contribution is 5.90. The van der Waals surface area contributed by atoms with Crippen molar-refractivity contribution in [3.8, 4) is 11.6 Å². The lowest BCUT2D eigenvalue weighted by Crippen LogP contribution is -2.30. The molecule has 0 aliphatic rings. The summed E-state index contributed by atoms with van der Waals surface area (Å²) in [6.07, 6.45) is 2.28. The van der Waals surface area contributed by atoms with Crippen LogP contribution in [0.4, 0.5) is 10.5 Å². The van der Waals surface area contributed by atoms with Crippen molar-refractivity contribution in [2.24, 2.45) is 0 Å². The minimum Gasteiger partial charge on any atom is -0.496 e. The number of methoxy groups -OCH3 is 2. The molecule has 2 aromatic rings. The third-order valence-electron chi connectivity index (χ3n) is 3.09. The molecule has 2 rings (SSSR count). The largest absolute Gasteiger partial charge is 0.496 e. The number of amides is 2. The van der Waals surface area contributed by atoms with Crippen molar-refractivity contribution in [2.45, 2.75) is 6.42 Å². The topological polar surface area (TPSA) is 72.5 Å². The van der Waals surface area contributed by atoms with E-state index in [1.165, 1.54) is 7.11 Å². The minimum absolute atomic E-state index is 0.304. The van der Waals surface area contributed by atoms with Crippen molar-refractivity contribution in [1.82, 2.24) is 10.3 Å². The number of hydrogen-bond acceptors (Lipinski definition) is 4. The quantitative estimate of drug-likeness (QED) is 0.859. The molecule has 0 aliphatic heterocycles. The number of pyridine rings is 1. The van der Waals surface area contributed by atoms with Crippen LogP contribution in [-0.4, -0.2) is 31.8 Å². The smallest absolute Gasteiger partial charge is 0.319 e. The highest BCUT2D eigenvalue weighted by Gasteiger charge is 2.08. The lowest BCUT2D eigenvalue weighted by molar-refractivity contribution is 0.252. The average molecular weight is 301 g/mol. The van der Waals surface area contributed by atoms with Crippen molar-refractivity contribution < 1.29 is 14.3 Å². The number of carbonyl (C=O) groups excluding carboxylic acids is 1. The number of hydrogen-bond donors (Lipinski definition) is 2. The van der Waals surface area contributed by atoms with Crippen molar-refractivity contribution in [2.75, 3.05) is 26.1 Å². The molecule has 1 heterocycles. The number of anilines is 1. The van der Waals surface area contributed by atoms with E-state index in [9.17, 15) is 4.79 Å². The average Bonchev–Trinajstić information content (AvgIpc) is 2.55. The molecule has 0 saturated carbocycles. The normalized spacial score (nSPS) is 9.91. The Labute approximate surface area is 129 Å². The van der Waals surface area contributed by atoms with Gasteiger partial charge in [0.15, 0.2) is 0 Å². The van der Waals surface area contributed by atoms with Gasteiger partial charge in [-0.05, 0) is 30.2 Å². The first-order chi connectivity index (χ1) is 10.7. The first-order valence-corrected chi connectivity index (χ1v) is 6.90. The van der Waals surface area contributed by atoms with E-state index in [4.69, 9.17) is 9.47 Å². The number of nitrogens with zero attached hydrogens (tertiary/aromatic N) is 1. The summed E-state index contributed by atoms with van der Waals surface area (Å²) in [7, 11) is 3.14. The van der Waals surface area contributed by atoms with Crippen molar-refractivity contribution in [3.05, 3.63) is 48.2 Å². The van der Waals surface area contributed by atoms with Crippen LogP contribution in [0.25, 0.3) is 0 Å². The molecule has 6 nitrogen and oxygen atoms in total. The summed E-state index contributed by atoms with van der Waals surface area (Å²) in [6.45, 7) is 0.495. The second-order valence-electron chi connectivity index (χ2n) is 4.50. The molecule has 0 spiro atoms. The maximum atomic E-state index is 11.9. The van der Waals surface area contributed by atoms with Gasteiger partial charge in [-0.25, -0.2) is 9.78 Å². The first-order valence-electron chi connectivity index (χ1n) is 6.90. The highest BCUT2D eigenvalue weighted by Crippen LogP contribution is 2.19. The number of carbonyl (C=O) groups is 1. The van der Waals surface area contributed by atoms with Gasteiger partial charge in [0.25, 0.3) is 0 Å². The van der Waals surface area contributed by atoms with E-state index in [0.717, 1.165) is 11.3 Å². The summed E-state index contributed by atoms with van der Waals surface area (Å²) in [5.74, 6) is 1.20. The van der Waals surface area contributed by atoms with Gasteiger partial charge in [0.2, 0.25) is 5.88 Å². The minimum atomic E-state index is -0.304. The van der Waals surface area contributed by atoms with Crippen LogP contribution in [0.5, 0.6) is 11.6 Å². The predicted molar refractivity (Wildman–Crippen MR) is 84.5 cm³/mol. The van der Waals surface area contributed by atoms with Gasteiger partial charge in [-0.2, -0.15) is 0 Å². The van der Waals surface area contributed by atoms with Gasteiger partial charge in [-0.15, -0.1) is 0 Å². The van der Waals surface area contributed by atoms with Gasteiger partial charge in [0, 0.05) is 12.7 Å². The third kappa shape index (κ3) is 4.12. The van der Waals surface area contributed by atoms with Crippen LogP contribution < -0.4 is 20.1 Å². The van der Waals surface area contributed by atoms with Crippen molar-refractivity contribution in [1.29, 1.82) is 0 Å². The van der Waals surface area contributed by atoms with Gasteiger partial charge in [0.05, 0.1) is 14.2 Å². The molecular weight excluding hydrogens is 282 g/mol. The van der Waals surface area contributed by atoms with Crippen LogP contribution in [0, 0.1) is 0 Å². The number of rotatable bonds is 6. The second kappa shape index (κ2) is 7.87. The zero-order valence-corrected chi connectivity index (χ0v) is 12.6. The Morgan fingerprint density at radius 2 is 1.95 bits per heavy atom. The molecule has 1 aromatic carbocycles. The zero-order valence-electron chi connectivity index (χ0n) is 12.6. The predicted octanol–water partition coefficient (Wildman–Crippen LogP) is 2.46. The number of urea groups is 1. The van der Waals surface area contributed by atoms with Gasteiger partial charge < -0.3 is 20.1 Å². The molecule has 0 radical (unpaired) electrons. The number of aromatic nitrogens is 1. The Hall–Kier alpha value is -2.76. The van der Waals surface area contributed by atoms with E-state index in [2.05, 4.69) is 15.6 Å². The van der Waals surface area contributed by atoms with E-state index in [-0.39, 0.29) is 6.03 Å². The molecule has 0 bridgehead atoms. The molecule has 6 heteroatoms. The summed E-state index contributed by atoms with van der Waals surface area (Å²) in [6, 6.07) is 10.9. The molecule has 1 aromatic heterocycles. The molecule has 2 N–H and O–H groups in total. The van der Waals surface area contributed by atoms with Crippen molar-refractivity contribution >= 4 is 11.7 Å². The first kappa shape index (κ1) is 15.6. The van der Waals surface area contributed by atoms with E-state index in [1.54, 1.807) is 25.4 Å². The van der Waals surface area contributed by atoms with Gasteiger partial charge in [-0.3, -0.25) is 0 Å². The van der Waals surface area contributed by atoms with Crippen LogP contribution in [0.15, 0.2) is 42.6 Å². The Kier molecular flexibility index (Phi) is 5.59. The molecular formula is C16H19N3O3. The molecule has 0 atom stereocenters. The number of benzene rings is 1. The molecule has 116 valence electrons. The maximum Gasteiger partial charge on any atom is 0.319 e. The number of ether oxygens (including phenoxy) is 2. The highest BCUT2D eigenvalue weighted by atomic mass is 16.5. The van der Waals surface area contributed by atoms with Gasteiger partial charge in [-0.1, -0.05) is 18.2 Å². The van der Waals surface area contributed by atoms with Crippen molar-refractivity contribution in [3.63, 3.8) is 0 Å². The second-order valence-corrected chi connectivity index (χ2v) is 4.50.